The molecule has 0 fully saturated rings. The van der Waals surface area contributed by atoms with Crippen molar-refractivity contribution >= 4 is 27.3 Å². The summed E-state index contributed by atoms with van der Waals surface area (Å²) >= 11 is 5.01. The van der Waals surface area contributed by atoms with Crippen LogP contribution in [0.15, 0.2) is 9.98 Å². The predicted molar refractivity (Wildman–Crippen MR) is 56.3 cm³/mol. The Bertz CT molecular complexity index is 255. The van der Waals surface area contributed by atoms with Crippen LogP contribution in [0.25, 0.3) is 0 Å². The summed E-state index contributed by atoms with van der Waals surface area (Å²) in [6, 6.07) is 0. The van der Waals surface area contributed by atoms with E-state index in [1.165, 1.54) is 0 Å². The van der Waals surface area contributed by atoms with Gasteiger partial charge in [-0.2, -0.15) is 0 Å². The predicted octanol–water partition coefficient (Wildman–Crippen LogP) is 2.88. The number of hydrogen-bond acceptors (Lipinski definition) is 3. The molecule has 2 nitrogen and oxygen atoms in total. The molecule has 2 N–H and O–H groups in total. The maximum absolute atomic E-state index is 6.16. The van der Waals surface area contributed by atoms with Crippen LogP contribution in [-0.2, 0) is 5.54 Å². The van der Waals surface area contributed by atoms with Gasteiger partial charge in [-0.25, -0.2) is 4.98 Å². The third-order valence-electron chi connectivity index (χ3n) is 2.17. The molecule has 68 valence electrons. The molecular formula is C8H13BrN2S. The fourth-order valence-corrected chi connectivity index (χ4v) is 2.49. The molecule has 0 spiro atoms. The van der Waals surface area contributed by atoms with Crippen LogP contribution in [0.4, 0.5) is 0 Å². The largest absolute Gasteiger partial charge is 0.319 e. The zero-order valence-electron chi connectivity index (χ0n) is 7.30. The van der Waals surface area contributed by atoms with Gasteiger partial charge < -0.3 is 5.73 Å². The van der Waals surface area contributed by atoms with E-state index in [4.69, 9.17) is 5.73 Å². The summed E-state index contributed by atoms with van der Waals surface area (Å²) < 4.78 is 1.05. The van der Waals surface area contributed by atoms with Crippen LogP contribution in [0, 0.1) is 0 Å². The molecule has 0 aliphatic heterocycles. The Morgan fingerprint density at radius 2 is 2.17 bits per heavy atom. The molecule has 0 unspecified atom stereocenters. The van der Waals surface area contributed by atoms with Crippen molar-refractivity contribution in [3.63, 3.8) is 0 Å². The standard InChI is InChI=1S/C8H13BrN2S/c1-3-8(10,4-2)7-11-5-6(9)12-7/h5H,3-4,10H2,1-2H3. The Kier molecular flexibility index (Phi) is 3.26. The van der Waals surface area contributed by atoms with Crippen LogP contribution in [0.1, 0.15) is 31.7 Å². The fourth-order valence-electron chi connectivity index (χ4n) is 1.04. The smallest absolute Gasteiger partial charge is 0.114 e. The first kappa shape index (κ1) is 10.2. The lowest BCUT2D eigenvalue weighted by Gasteiger charge is -2.23. The van der Waals surface area contributed by atoms with E-state index in [2.05, 4.69) is 34.8 Å². The number of nitrogens with zero attached hydrogens (tertiary/aromatic N) is 1. The molecule has 1 aromatic rings. The van der Waals surface area contributed by atoms with Gasteiger partial charge in [-0.05, 0) is 28.8 Å². The van der Waals surface area contributed by atoms with Crippen LogP contribution >= 0.6 is 27.3 Å². The topological polar surface area (TPSA) is 38.9 Å². The fraction of sp³-hybridized carbons (Fsp3) is 0.625. The zero-order chi connectivity index (χ0) is 9.19. The van der Waals surface area contributed by atoms with E-state index in [-0.39, 0.29) is 5.54 Å². The molecule has 0 saturated heterocycles. The molecule has 1 aromatic heterocycles. The number of halogens is 1. The highest BCUT2D eigenvalue weighted by molar-refractivity contribution is 9.11. The molecule has 1 rings (SSSR count). The lowest BCUT2D eigenvalue weighted by atomic mass is 9.95. The van der Waals surface area contributed by atoms with Gasteiger partial charge >= 0.3 is 0 Å². The lowest BCUT2D eigenvalue weighted by molar-refractivity contribution is 0.411. The SMILES string of the molecule is CCC(N)(CC)c1ncc(Br)s1. The monoisotopic (exact) mass is 248 g/mol. The number of aromatic nitrogens is 1. The molecule has 0 aliphatic carbocycles. The number of thiazole rings is 1. The van der Waals surface area contributed by atoms with E-state index in [0.29, 0.717) is 0 Å². The average Bonchev–Trinajstić information content (AvgIpc) is 2.51. The summed E-state index contributed by atoms with van der Waals surface area (Å²) in [5.74, 6) is 0. The quantitative estimate of drug-likeness (QED) is 0.894. The Balaban J connectivity index is 2.94. The highest BCUT2D eigenvalue weighted by Gasteiger charge is 2.26. The van der Waals surface area contributed by atoms with Gasteiger partial charge in [0.2, 0.25) is 0 Å². The van der Waals surface area contributed by atoms with Crippen LogP contribution in [0.5, 0.6) is 0 Å². The molecule has 0 aromatic carbocycles. The third kappa shape index (κ3) is 1.87. The summed E-state index contributed by atoms with van der Waals surface area (Å²) in [5, 5.41) is 1.03. The first-order valence-electron chi connectivity index (χ1n) is 4.03. The molecule has 0 aliphatic rings. The maximum Gasteiger partial charge on any atom is 0.114 e. The number of hydrogen-bond donors (Lipinski definition) is 1. The Morgan fingerprint density at radius 3 is 2.50 bits per heavy atom. The molecule has 0 amide bonds. The van der Waals surface area contributed by atoms with Gasteiger partial charge in [0, 0.05) is 0 Å². The van der Waals surface area contributed by atoms with Crippen LogP contribution < -0.4 is 5.73 Å². The lowest BCUT2D eigenvalue weighted by Crippen LogP contribution is -2.34. The second-order valence-electron chi connectivity index (χ2n) is 2.83. The molecule has 4 heteroatoms. The van der Waals surface area contributed by atoms with Gasteiger partial charge in [0.25, 0.3) is 0 Å². The van der Waals surface area contributed by atoms with Crippen molar-refractivity contribution < 1.29 is 0 Å². The molecule has 0 bridgehead atoms. The van der Waals surface area contributed by atoms with Gasteiger partial charge in [-0.1, -0.05) is 13.8 Å². The second-order valence-corrected chi connectivity index (χ2v) is 5.24. The highest BCUT2D eigenvalue weighted by Crippen LogP contribution is 2.31. The maximum atomic E-state index is 6.16. The van der Waals surface area contributed by atoms with E-state index in [0.717, 1.165) is 21.6 Å². The summed E-state index contributed by atoms with van der Waals surface area (Å²) in [5.41, 5.74) is 5.93. The van der Waals surface area contributed by atoms with E-state index in [1.807, 2.05) is 6.20 Å². The van der Waals surface area contributed by atoms with E-state index in [1.54, 1.807) is 11.3 Å². The Morgan fingerprint density at radius 1 is 1.58 bits per heavy atom. The molecule has 0 radical (unpaired) electrons. The van der Waals surface area contributed by atoms with Crippen LogP contribution in [0.2, 0.25) is 0 Å². The van der Waals surface area contributed by atoms with Gasteiger partial charge in [0.1, 0.15) is 5.01 Å². The summed E-state index contributed by atoms with van der Waals surface area (Å²) in [6.07, 6.45) is 3.68. The van der Waals surface area contributed by atoms with Crippen LogP contribution in [0.3, 0.4) is 0 Å². The van der Waals surface area contributed by atoms with Crippen molar-refractivity contribution in [2.75, 3.05) is 0 Å². The second kappa shape index (κ2) is 3.85. The van der Waals surface area contributed by atoms with Crippen molar-refractivity contribution in [2.24, 2.45) is 5.73 Å². The van der Waals surface area contributed by atoms with Crippen molar-refractivity contribution in [3.8, 4) is 0 Å². The molecular weight excluding hydrogens is 236 g/mol. The molecule has 0 atom stereocenters. The van der Waals surface area contributed by atoms with Crippen molar-refractivity contribution in [1.82, 2.24) is 4.98 Å². The third-order valence-corrected chi connectivity index (χ3v) is 3.86. The summed E-state index contributed by atoms with van der Waals surface area (Å²) in [7, 11) is 0. The molecule has 1 heterocycles. The summed E-state index contributed by atoms with van der Waals surface area (Å²) in [6.45, 7) is 4.19. The minimum absolute atomic E-state index is 0.226. The van der Waals surface area contributed by atoms with Gasteiger partial charge in [-0.15, -0.1) is 11.3 Å². The normalized spacial score (nSPS) is 12.0. The Hall–Kier alpha value is 0.0700. The minimum Gasteiger partial charge on any atom is -0.319 e. The zero-order valence-corrected chi connectivity index (χ0v) is 9.70. The van der Waals surface area contributed by atoms with Crippen molar-refractivity contribution in [1.29, 1.82) is 0 Å². The first-order chi connectivity index (χ1) is 5.62. The van der Waals surface area contributed by atoms with E-state index in [9.17, 15) is 0 Å². The van der Waals surface area contributed by atoms with Gasteiger partial charge in [-0.3, -0.25) is 0 Å². The van der Waals surface area contributed by atoms with Crippen molar-refractivity contribution in [3.05, 3.63) is 15.0 Å². The van der Waals surface area contributed by atoms with E-state index >= 15 is 0 Å². The summed E-state index contributed by atoms with van der Waals surface area (Å²) in [4.78, 5) is 4.28. The Labute approximate surface area is 85.3 Å². The molecule has 0 saturated carbocycles. The van der Waals surface area contributed by atoms with Gasteiger partial charge in [0.05, 0.1) is 15.5 Å². The van der Waals surface area contributed by atoms with E-state index < -0.39 is 0 Å². The first-order valence-corrected chi connectivity index (χ1v) is 5.64. The van der Waals surface area contributed by atoms with Crippen LogP contribution in [-0.4, -0.2) is 4.98 Å². The number of nitrogens with two attached hydrogens (primary N) is 1. The highest BCUT2D eigenvalue weighted by atomic mass is 79.9. The van der Waals surface area contributed by atoms with Crippen molar-refractivity contribution in [2.45, 2.75) is 32.2 Å². The number of rotatable bonds is 3. The average molecular weight is 249 g/mol. The minimum atomic E-state index is -0.226. The van der Waals surface area contributed by atoms with Gasteiger partial charge in [0.15, 0.2) is 0 Å². The molecule has 12 heavy (non-hydrogen) atoms.